The van der Waals surface area contributed by atoms with Crippen molar-refractivity contribution in [2.75, 3.05) is 39.3 Å². The van der Waals surface area contributed by atoms with E-state index in [9.17, 15) is 9.18 Å². The van der Waals surface area contributed by atoms with E-state index >= 15 is 0 Å². The summed E-state index contributed by atoms with van der Waals surface area (Å²) < 4.78 is 13.3. The average molecular weight is 280 g/mol. The maximum atomic E-state index is 13.3. The van der Waals surface area contributed by atoms with Gasteiger partial charge in [0.2, 0.25) is 0 Å². The van der Waals surface area contributed by atoms with Crippen molar-refractivity contribution in [3.63, 3.8) is 0 Å². The van der Waals surface area contributed by atoms with Crippen LogP contribution in [0.5, 0.6) is 0 Å². The van der Waals surface area contributed by atoms with Gasteiger partial charge in [0.15, 0.2) is 0 Å². The number of carbonyl (C=O) groups is 1. The van der Waals surface area contributed by atoms with Crippen molar-refractivity contribution in [3.05, 3.63) is 35.1 Å². The molecule has 0 aromatic heterocycles. The molecule has 0 spiro atoms. The molecule has 0 radical (unpaired) electrons. The molecule has 1 saturated heterocycles. The quantitative estimate of drug-likeness (QED) is 0.907. The summed E-state index contributed by atoms with van der Waals surface area (Å²) in [5.41, 5.74) is 1.03. The molecule has 1 aromatic carbocycles. The lowest BCUT2D eigenvalue weighted by atomic mass is 10.1. The molecule has 0 unspecified atom stereocenters. The Morgan fingerprint density at radius 1 is 1.30 bits per heavy atom. The molecule has 0 saturated carbocycles. The maximum Gasteiger partial charge on any atom is 0.253 e. The van der Waals surface area contributed by atoms with E-state index in [2.05, 4.69) is 4.90 Å². The first-order valence-electron chi connectivity index (χ1n) is 7.00. The molecule has 2 rings (SSSR count). The summed E-state index contributed by atoms with van der Waals surface area (Å²) >= 11 is 0. The van der Waals surface area contributed by atoms with Crippen molar-refractivity contribution in [1.29, 1.82) is 0 Å². The van der Waals surface area contributed by atoms with E-state index in [4.69, 9.17) is 5.11 Å². The second kappa shape index (κ2) is 6.81. The number of hydrogen-bond acceptors (Lipinski definition) is 3. The van der Waals surface area contributed by atoms with Gasteiger partial charge in [0, 0.05) is 31.7 Å². The molecular weight excluding hydrogens is 259 g/mol. The number of hydrogen-bond donors (Lipinski definition) is 1. The number of benzene rings is 1. The fraction of sp³-hybridized carbons (Fsp3) is 0.533. The number of carbonyl (C=O) groups excluding carboxylic acids is 1. The topological polar surface area (TPSA) is 43.8 Å². The van der Waals surface area contributed by atoms with Gasteiger partial charge in [-0.25, -0.2) is 4.39 Å². The summed E-state index contributed by atoms with van der Waals surface area (Å²) in [5.74, 6) is -0.328. The van der Waals surface area contributed by atoms with Crippen LogP contribution in [-0.2, 0) is 0 Å². The summed E-state index contributed by atoms with van der Waals surface area (Å²) in [6.45, 7) is 5.48. The highest BCUT2D eigenvalue weighted by molar-refractivity contribution is 5.94. The Morgan fingerprint density at radius 2 is 2.10 bits per heavy atom. The summed E-state index contributed by atoms with van der Waals surface area (Å²) in [7, 11) is 0. The predicted octanol–water partition coefficient (Wildman–Crippen LogP) is 1.27. The summed E-state index contributed by atoms with van der Waals surface area (Å²) in [6, 6.07) is 4.49. The zero-order chi connectivity index (χ0) is 14.5. The van der Waals surface area contributed by atoms with Crippen LogP contribution in [0.15, 0.2) is 18.2 Å². The predicted molar refractivity (Wildman–Crippen MR) is 75.2 cm³/mol. The van der Waals surface area contributed by atoms with Crippen LogP contribution in [0.4, 0.5) is 4.39 Å². The third-order valence-electron chi connectivity index (χ3n) is 3.70. The fourth-order valence-electron chi connectivity index (χ4n) is 2.50. The Balaban J connectivity index is 2.03. The third-order valence-corrected chi connectivity index (χ3v) is 3.70. The Morgan fingerprint density at radius 3 is 2.80 bits per heavy atom. The van der Waals surface area contributed by atoms with Gasteiger partial charge in [-0.15, -0.1) is 0 Å². The van der Waals surface area contributed by atoms with Gasteiger partial charge in [0.1, 0.15) is 5.82 Å². The van der Waals surface area contributed by atoms with Crippen molar-refractivity contribution in [2.45, 2.75) is 13.3 Å². The molecule has 1 heterocycles. The van der Waals surface area contributed by atoms with Gasteiger partial charge in [-0.1, -0.05) is 0 Å². The Kier molecular flexibility index (Phi) is 5.09. The molecule has 0 aliphatic carbocycles. The van der Waals surface area contributed by atoms with E-state index in [0.717, 1.165) is 19.5 Å². The summed E-state index contributed by atoms with van der Waals surface area (Å²) in [4.78, 5) is 16.4. The van der Waals surface area contributed by atoms with Crippen molar-refractivity contribution in [2.24, 2.45) is 0 Å². The van der Waals surface area contributed by atoms with E-state index in [1.807, 2.05) is 4.90 Å². The largest absolute Gasteiger partial charge is 0.395 e. The van der Waals surface area contributed by atoms with E-state index in [1.165, 1.54) is 6.07 Å². The molecule has 0 atom stereocenters. The standard InChI is InChI=1S/C15H21FN2O2/c1-12-11-13(3-4-14(12)16)15(20)18-6-2-5-17(7-8-18)9-10-19/h3-4,11,19H,2,5-10H2,1H3. The van der Waals surface area contributed by atoms with Gasteiger partial charge in [-0.3, -0.25) is 9.69 Å². The van der Waals surface area contributed by atoms with Crippen molar-refractivity contribution >= 4 is 5.91 Å². The Labute approximate surface area is 118 Å². The van der Waals surface area contributed by atoms with Gasteiger partial charge < -0.3 is 10.0 Å². The van der Waals surface area contributed by atoms with Gasteiger partial charge in [-0.05, 0) is 43.7 Å². The zero-order valence-corrected chi connectivity index (χ0v) is 11.8. The highest BCUT2D eigenvalue weighted by Gasteiger charge is 2.20. The lowest BCUT2D eigenvalue weighted by molar-refractivity contribution is 0.0760. The van der Waals surface area contributed by atoms with Crippen LogP contribution in [0.25, 0.3) is 0 Å². The maximum absolute atomic E-state index is 13.3. The van der Waals surface area contributed by atoms with Crippen LogP contribution < -0.4 is 0 Å². The number of nitrogens with zero attached hydrogens (tertiary/aromatic N) is 2. The average Bonchev–Trinajstić information content (AvgIpc) is 2.67. The SMILES string of the molecule is Cc1cc(C(=O)N2CCCN(CCO)CC2)ccc1F. The highest BCUT2D eigenvalue weighted by atomic mass is 19.1. The molecule has 4 nitrogen and oxygen atoms in total. The van der Waals surface area contributed by atoms with E-state index in [-0.39, 0.29) is 18.3 Å². The van der Waals surface area contributed by atoms with Gasteiger partial charge in [0.05, 0.1) is 6.61 Å². The number of aryl methyl sites for hydroxylation is 1. The highest BCUT2D eigenvalue weighted by Crippen LogP contribution is 2.13. The normalized spacial score (nSPS) is 17.1. The molecule has 1 amide bonds. The number of β-amino-alcohol motifs (C(OH)–C–C–N with tert-alkyl or cyclic N) is 1. The minimum Gasteiger partial charge on any atom is -0.395 e. The molecule has 110 valence electrons. The number of amides is 1. The summed E-state index contributed by atoms with van der Waals surface area (Å²) in [6.07, 6.45) is 0.895. The molecular formula is C15H21FN2O2. The number of halogens is 1. The first-order chi connectivity index (χ1) is 9.61. The van der Waals surface area contributed by atoms with Crippen LogP contribution in [0.3, 0.4) is 0 Å². The second-order valence-corrected chi connectivity index (χ2v) is 5.17. The van der Waals surface area contributed by atoms with Crippen molar-refractivity contribution in [1.82, 2.24) is 9.80 Å². The minimum absolute atomic E-state index is 0.0426. The Hall–Kier alpha value is -1.46. The van der Waals surface area contributed by atoms with Crippen LogP contribution in [-0.4, -0.2) is 60.1 Å². The Bertz CT molecular complexity index is 479. The molecule has 1 aliphatic rings. The second-order valence-electron chi connectivity index (χ2n) is 5.17. The minimum atomic E-state index is -0.286. The van der Waals surface area contributed by atoms with E-state index in [1.54, 1.807) is 19.1 Å². The lowest BCUT2D eigenvalue weighted by Gasteiger charge is -2.21. The molecule has 0 bridgehead atoms. The van der Waals surface area contributed by atoms with Crippen LogP contribution in [0.1, 0.15) is 22.3 Å². The first-order valence-corrected chi connectivity index (χ1v) is 7.00. The number of aliphatic hydroxyl groups excluding tert-OH is 1. The number of aliphatic hydroxyl groups is 1. The fourth-order valence-corrected chi connectivity index (χ4v) is 2.50. The molecule has 5 heteroatoms. The molecule has 20 heavy (non-hydrogen) atoms. The molecule has 1 aliphatic heterocycles. The van der Waals surface area contributed by atoms with Crippen LogP contribution >= 0.6 is 0 Å². The van der Waals surface area contributed by atoms with E-state index < -0.39 is 0 Å². The lowest BCUT2D eigenvalue weighted by Crippen LogP contribution is -2.36. The zero-order valence-electron chi connectivity index (χ0n) is 11.8. The number of rotatable bonds is 3. The summed E-state index contributed by atoms with van der Waals surface area (Å²) in [5, 5.41) is 8.96. The monoisotopic (exact) mass is 280 g/mol. The van der Waals surface area contributed by atoms with Gasteiger partial charge >= 0.3 is 0 Å². The van der Waals surface area contributed by atoms with Crippen LogP contribution in [0, 0.1) is 12.7 Å². The van der Waals surface area contributed by atoms with Gasteiger partial charge in [0.25, 0.3) is 5.91 Å². The smallest absolute Gasteiger partial charge is 0.253 e. The van der Waals surface area contributed by atoms with Gasteiger partial charge in [-0.2, -0.15) is 0 Å². The molecule has 1 fully saturated rings. The van der Waals surface area contributed by atoms with Crippen LogP contribution in [0.2, 0.25) is 0 Å². The molecule has 1 N–H and O–H groups in total. The van der Waals surface area contributed by atoms with E-state index in [0.29, 0.717) is 30.8 Å². The first kappa shape index (κ1) is 14.9. The third kappa shape index (κ3) is 3.55. The van der Waals surface area contributed by atoms with Crippen molar-refractivity contribution in [3.8, 4) is 0 Å². The van der Waals surface area contributed by atoms with Crippen molar-refractivity contribution < 1.29 is 14.3 Å². The molecule has 1 aromatic rings.